The van der Waals surface area contributed by atoms with Crippen LogP contribution < -0.4 is 0 Å². The molecule has 1 aromatic heterocycles. The topological polar surface area (TPSA) is 4.93 Å². The van der Waals surface area contributed by atoms with Crippen LogP contribution in [0.1, 0.15) is 0 Å². The van der Waals surface area contributed by atoms with Crippen LogP contribution in [0.4, 0.5) is 0 Å². The van der Waals surface area contributed by atoms with Gasteiger partial charge in [0.25, 0.3) is 0 Å². The minimum atomic E-state index is 1.16. The maximum Gasteiger partial charge on any atom is 0.0619 e. The molecule has 0 spiro atoms. The molecule has 1 nitrogen and oxygen atoms in total. The normalized spacial score (nSPS) is 11.8. The van der Waals surface area contributed by atoms with Crippen LogP contribution in [0.3, 0.4) is 0 Å². The summed E-state index contributed by atoms with van der Waals surface area (Å²) in [6.07, 6.45) is 0. The fourth-order valence-corrected chi connectivity index (χ4v) is 7.95. The molecule has 1 heterocycles. The van der Waals surface area contributed by atoms with Gasteiger partial charge in [-0.25, -0.2) is 0 Å². The average Bonchev–Trinajstić information content (AvgIpc) is 3.50. The number of hydrogen-bond acceptors (Lipinski definition) is 0. The molecule has 0 bridgehead atoms. The Balaban J connectivity index is 1.25. The van der Waals surface area contributed by atoms with Crippen LogP contribution in [0.2, 0.25) is 0 Å². The molecule has 0 unspecified atom stereocenters. The predicted octanol–water partition coefficient (Wildman–Crippen LogP) is 12.7. The van der Waals surface area contributed by atoms with Crippen LogP contribution in [0, 0.1) is 0 Å². The lowest BCUT2D eigenvalue weighted by molar-refractivity contribution is 1.19. The van der Waals surface area contributed by atoms with Crippen LogP contribution in [-0.2, 0) is 0 Å². The second kappa shape index (κ2) is 10.2. The minimum Gasteiger partial charge on any atom is -0.309 e. The Bertz CT molecular complexity index is 2760. The summed E-state index contributed by atoms with van der Waals surface area (Å²) in [5.41, 5.74) is 8.68. The summed E-state index contributed by atoms with van der Waals surface area (Å²) in [4.78, 5) is 0. The first-order valence-electron chi connectivity index (χ1n) is 16.3. The maximum absolute atomic E-state index is 2.47. The molecule has 0 N–H and O–H groups in total. The largest absolute Gasteiger partial charge is 0.309 e. The van der Waals surface area contributed by atoms with Crippen molar-refractivity contribution in [3.63, 3.8) is 0 Å². The van der Waals surface area contributed by atoms with E-state index in [9.17, 15) is 0 Å². The van der Waals surface area contributed by atoms with Crippen LogP contribution in [-0.4, -0.2) is 4.57 Å². The van der Waals surface area contributed by atoms with Crippen LogP contribution >= 0.6 is 0 Å². The molecule has 1 heteroatoms. The fraction of sp³-hybridized carbons (Fsp3) is 0. The third-order valence-corrected chi connectivity index (χ3v) is 9.95. The smallest absolute Gasteiger partial charge is 0.0619 e. The van der Waals surface area contributed by atoms with Crippen molar-refractivity contribution in [2.24, 2.45) is 0 Å². The number of fused-ring (bicyclic) bond motifs is 9. The van der Waals surface area contributed by atoms with Gasteiger partial charge in [0, 0.05) is 21.8 Å². The van der Waals surface area contributed by atoms with Gasteiger partial charge in [-0.2, -0.15) is 0 Å². The summed E-state index contributed by atoms with van der Waals surface area (Å²) in [7, 11) is 0. The Morgan fingerprint density at radius 1 is 0.298 bits per heavy atom. The molecule has 0 atom stereocenters. The van der Waals surface area contributed by atoms with E-state index in [4.69, 9.17) is 0 Å². The van der Waals surface area contributed by atoms with E-state index < -0.39 is 0 Å². The number of rotatable bonds is 3. The number of hydrogen-bond donors (Lipinski definition) is 0. The van der Waals surface area contributed by atoms with Gasteiger partial charge in [-0.3, -0.25) is 0 Å². The van der Waals surface area contributed by atoms with Gasteiger partial charge in [-0.15, -0.1) is 0 Å². The molecule has 0 aliphatic rings. The molecule has 9 aromatic carbocycles. The summed E-state index contributed by atoms with van der Waals surface area (Å²) >= 11 is 0. The number of benzene rings is 9. The van der Waals surface area contributed by atoms with Crippen molar-refractivity contribution in [2.75, 3.05) is 0 Å². The van der Waals surface area contributed by atoms with Gasteiger partial charge >= 0.3 is 0 Å². The van der Waals surface area contributed by atoms with Gasteiger partial charge in [0.1, 0.15) is 0 Å². The van der Waals surface area contributed by atoms with E-state index in [2.05, 4.69) is 180 Å². The van der Waals surface area contributed by atoms with E-state index in [1.54, 1.807) is 0 Å². The van der Waals surface area contributed by atoms with E-state index in [-0.39, 0.29) is 0 Å². The summed E-state index contributed by atoms with van der Waals surface area (Å²) in [6.45, 7) is 0. The van der Waals surface area contributed by atoms with Crippen LogP contribution in [0.5, 0.6) is 0 Å². The highest BCUT2D eigenvalue weighted by atomic mass is 15.0. The minimum absolute atomic E-state index is 1.16. The van der Waals surface area contributed by atoms with E-state index >= 15 is 0 Å². The van der Waals surface area contributed by atoms with Gasteiger partial charge in [0.2, 0.25) is 0 Å². The third-order valence-electron chi connectivity index (χ3n) is 9.95. The molecule has 218 valence electrons. The van der Waals surface area contributed by atoms with Crippen molar-refractivity contribution < 1.29 is 0 Å². The molecular weight excluding hydrogens is 567 g/mol. The molecule has 0 radical (unpaired) electrons. The predicted molar refractivity (Wildman–Crippen MR) is 202 cm³/mol. The van der Waals surface area contributed by atoms with Crippen molar-refractivity contribution >= 4 is 64.9 Å². The summed E-state index contributed by atoms with van der Waals surface area (Å²) in [5, 5.41) is 12.8. The van der Waals surface area contributed by atoms with Crippen molar-refractivity contribution in [2.45, 2.75) is 0 Å². The molecule has 0 aliphatic heterocycles. The van der Waals surface area contributed by atoms with Gasteiger partial charge < -0.3 is 4.57 Å². The van der Waals surface area contributed by atoms with Crippen LogP contribution in [0.15, 0.2) is 176 Å². The second-order valence-corrected chi connectivity index (χ2v) is 12.5. The molecule has 0 saturated heterocycles. The molecular formula is C46H29N. The van der Waals surface area contributed by atoms with E-state index in [1.165, 1.54) is 87.1 Å². The Morgan fingerprint density at radius 2 is 0.766 bits per heavy atom. The highest BCUT2D eigenvalue weighted by Crippen LogP contribution is 2.44. The van der Waals surface area contributed by atoms with Gasteiger partial charge in [0.05, 0.1) is 11.0 Å². The monoisotopic (exact) mass is 595 g/mol. The first-order valence-corrected chi connectivity index (χ1v) is 16.3. The molecule has 10 aromatic rings. The Kier molecular flexibility index (Phi) is 5.64. The van der Waals surface area contributed by atoms with Crippen molar-refractivity contribution in [3.8, 4) is 27.9 Å². The highest BCUT2D eigenvalue weighted by Gasteiger charge is 2.19. The summed E-state index contributed by atoms with van der Waals surface area (Å²) in [5.74, 6) is 0. The maximum atomic E-state index is 2.47. The Morgan fingerprint density at radius 3 is 1.38 bits per heavy atom. The fourth-order valence-electron chi connectivity index (χ4n) is 7.95. The standard InChI is InChI=1S/C46H29N/c1-2-14-32(15-3-1)43-37-18-8-10-20-39(37)44(40-21-11-9-19-38(40)43)33-22-26-34(27-23-33)47-42-29-25-30-12-4-6-16-35(30)45(42)41-28-24-31-13-5-7-17-36(31)46(41)47/h1-29H. The third kappa shape index (κ3) is 3.84. The molecule has 0 aliphatic carbocycles. The molecule has 47 heavy (non-hydrogen) atoms. The van der Waals surface area contributed by atoms with E-state index in [0.29, 0.717) is 0 Å². The average molecular weight is 596 g/mol. The molecule has 0 amide bonds. The van der Waals surface area contributed by atoms with Crippen molar-refractivity contribution in [3.05, 3.63) is 176 Å². The van der Waals surface area contributed by atoms with Gasteiger partial charge in [-0.05, 0) is 78.2 Å². The van der Waals surface area contributed by atoms with Crippen molar-refractivity contribution in [1.29, 1.82) is 0 Å². The van der Waals surface area contributed by atoms with Gasteiger partial charge in [0.15, 0.2) is 0 Å². The van der Waals surface area contributed by atoms with Crippen molar-refractivity contribution in [1.82, 2.24) is 4.57 Å². The first kappa shape index (κ1) is 26.1. The number of aromatic nitrogens is 1. The van der Waals surface area contributed by atoms with Gasteiger partial charge in [-0.1, -0.05) is 158 Å². The molecule has 0 fully saturated rings. The molecule has 10 rings (SSSR count). The lowest BCUT2D eigenvalue weighted by atomic mass is 9.86. The molecule has 0 saturated carbocycles. The zero-order valence-corrected chi connectivity index (χ0v) is 25.7. The Hall–Kier alpha value is -6.18. The SMILES string of the molecule is c1ccc(-c2c3ccccc3c(-c3ccc(-n4c5ccc6ccccc6c5c5ccc6ccccc6c54)cc3)c3ccccc23)cc1. The lowest BCUT2D eigenvalue weighted by Gasteiger charge is -2.18. The quantitative estimate of drug-likeness (QED) is 0.179. The number of nitrogens with zero attached hydrogens (tertiary/aromatic N) is 1. The summed E-state index contributed by atoms with van der Waals surface area (Å²) in [6, 6.07) is 64.4. The van der Waals surface area contributed by atoms with E-state index in [1.807, 2.05) is 0 Å². The zero-order chi connectivity index (χ0) is 30.9. The second-order valence-electron chi connectivity index (χ2n) is 12.5. The highest BCUT2D eigenvalue weighted by molar-refractivity contribution is 6.26. The lowest BCUT2D eigenvalue weighted by Crippen LogP contribution is -1.95. The van der Waals surface area contributed by atoms with E-state index in [0.717, 1.165) is 5.69 Å². The first-order chi connectivity index (χ1) is 23.3. The Labute approximate surface area is 272 Å². The van der Waals surface area contributed by atoms with Crippen LogP contribution in [0.25, 0.3) is 92.8 Å². The summed E-state index contributed by atoms with van der Waals surface area (Å²) < 4.78 is 2.47. The zero-order valence-electron chi connectivity index (χ0n) is 25.7.